The molecule has 0 fully saturated rings. The SMILES string of the molecule is Cc1nc(-c2cccs2)ncc1N. The summed E-state index contributed by atoms with van der Waals surface area (Å²) >= 11 is 1.62. The minimum absolute atomic E-state index is 0.639. The smallest absolute Gasteiger partial charge is 0.169 e. The Bertz CT molecular complexity index is 409. The Morgan fingerprint density at radius 2 is 2.31 bits per heavy atom. The highest BCUT2D eigenvalue weighted by molar-refractivity contribution is 7.13. The molecule has 3 nitrogen and oxygen atoms in total. The Hall–Kier alpha value is -1.42. The third-order valence-electron chi connectivity index (χ3n) is 1.76. The summed E-state index contributed by atoms with van der Waals surface area (Å²) in [6, 6.07) is 3.98. The van der Waals surface area contributed by atoms with Crippen molar-refractivity contribution in [2.75, 3.05) is 5.73 Å². The highest BCUT2D eigenvalue weighted by Gasteiger charge is 2.03. The van der Waals surface area contributed by atoms with Crippen LogP contribution >= 0.6 is 11.3 Å². The molecular formula is C9H9N3S. The summed E-state index contributed by atoms with van der Waals surface area (Å²) in [4.78, 5) is 9.52. The Kier molecular flexibility index (Phi) is 1.98. The summed E-state index contributed by atoms with van der Waals surface area (Å²) in [6.45, 7) is 1.88. The maximum Gasteiger partial charge on any atom is 0.169 e. The molecule has 0 bridgehead atoms. The molecule has 13 heavy (non-hydrogen) atoms. The maximum atomic E-state index is 5.62. The van der Waals surface area contributed by atoms with Crippen LogP contribution in [-0.2, 0) is 0 Å². The Morgan fingerprint density at radius 1 is 1.46 bits per heavy atom. The lowest BCUT2D eigenvalue weighted by Crippen LogP contribution is -1.96. The molecule has 0 radical (unpaired) electrons. The molecule has 2 N–H and O–H groups in total. The molecule has 4 heteroatoms. The monoisotopic (exact) mass is 191 g/mol. The largest absolute Gasteiger partial charge is 0.396 e. The van der Waals surface area contributed by atoms with Crippen molar-refractivity contribution in [3.05, 3.63) is 29.4 Å². The van der Waals surface area contributed by atoms with Crippen LogP contribution < -0.4 is 5.73 Å². The lowest BCUT2D eigenvalue weighted by Gasteiger charge is -2.00. The minimum atomic E-state index is 0.639. The van der Waals surface area contributed by atoms with Gasteiger partial charge in [0.05, 0.1) is 22.5 Å². The first-order chi connectivity index (χ1) is 6.27. The van der Waals surface area contributed by atoms with E-state index in [1.54, 1.807) is 17.5 Å². The minimum Gasteiger partial charge on any atom is -0.396 e. The van der Waals surface area contributed by atoms with Crippen molar-refractivity contribution in [3.8, 4) is 10.7 Å². The van der Waals surface area contributed by atoms with Crippen LogP contribution in [0.5, 0.6) is 0 Å². The van der Waals surface area contributed by atoms with E-state index in [4.69, 9.17) is 5.73 Å². The maximum absolute atomic E-state index is 5.62. The first-order valence-corrected chi connectivity index (χ1v) is 4.78. The Balaban J connectivity index is 2.49. The van der Waals surface area contributed by atoms with E-state index in [1.807, 2.05) is 24.4 Å². The number of aromatic nitrogens is 2. The molecule has 66 valence electrons. The van der Waals surface area contributed by atoms with Crippen molar-refractivity contribution >= 4 is 17.0 Å². The predicted molar refractivity (Wildman–Crippen MR) is 54.5 cm³/mol. The first kappa shape index (κ1) is 8.19. The number of nitrogen functional groups attached to an aromatic ring is 1. The molecular weight excluding hydrogens is 182 g/mol. The van der Waals surface area contributed by atoms with Gasteiger partial charge in [-0.25, -0.2) is 9.97 Å². The quantitative estimate of drug-likeness (QED) is 0.751. The zero-order valence-electron chi connectivity index (χ0n) is 7.19. The van der Waals surface area contributed by atoms with Crippen LogP contribution in [0.1, 0.15) is 5.69 Å². The number of nitrogens with two attached hydrogens (primary N) is 1. The van der Waals surface area contributed by atoms with Crippen LogP contribution in [0.15, 0.2) is 23.7 Å². The van der Waals surface area contributed by atoms with Crippen molar-refractivity contribution in [2.24, 2.45) is 0 Å². The predicted octanol–water partition coefficient (Wildman–Crippen LogP) is 2.10. The van der Waals surface area contributed by atoms with Gasteiger partial charge in [0.1, 0.15) is 0 Å². The average Bonchev–Trinajstić information content (AvgIpc) is 2.62. The fourth-order valence-corrected chi connectivity index (χ4v) is 1.67. The fraction of sp³-hybridized carbons (Fsp3) is 0.111. The molecule has 0 saturated heterocycles. The van der Waals surface area contributed by atoms with E-state index in [0.717, 1.165) is 16.4 Å². The van der Waals surface area contributed by atoms with Gasteiger partial charge in [0.15, 0.2) is 5.82 Å². The third-order valence-corrected chi connectivity index (χ3v) is 2.62. The number of hydrogen-bond donors (Lipinski definition) is 1. The summed E-state index contributed by atoms with van der Waals surface area (Å²) in [5.74, 6) is 0.752. The molecule has 0 atom stereocenters. The standard InChI is InChI=1S/C9H9N3S/c1-6-7(10)5-11-9(12-6)8-3-2-4-13-8/h2-5H,10H2,1H3. The molecule has 0 aliphatic heterocycles. The van der Waals surface area contributed by atoms with Crippen molar-refractivity contribution in [2.45, 2.75) is 6.92 Å². The van der Waals surface area contributed by atoms with E-state index in [-0.39, 0.29) is 0 Å². The van der Waals surface area contributed by atoms with Crippen molar-refractivity contribution < 1.29 is 0 Å². The van der Waals surface area contributed by atoms with Crippen LogP contribution in [-0.4, -0.2) is 9.97 Å². The van der Waals surface area contributed by atoms with Gasteiger partial charge in [-0.15, -0.1) is 11.3 Å². The van der Waals surface area contributed by atoms with Crippen molar-refractivity contribution in [1.82, 2.24) is 9.97 Å². The molecule has 2 heterocycles. The Labute approximate surface area is 80.3 Å². The van der Waals surface area contributed by atoms with Gasteiger partial charge in [-0.3, -0.25) is 0 Å². The number of anilines is 1. The van der Waals surface area contributed by atoms with E-state index in [0.29, 0.717) is 5.69 Å². The van der Waals surface area contributed by atoms with Crippen molar-refractivity contribution in [1.29, 1.82) is 0 Å². The van der Waals surface area contributed by atoms with E-state index in [9.17, 15) is 0 Å². The topological polar surface area (TPSA) is 51.8 Å². The van der Waals surface area contributed by atoms with Gasteiger partial charge in [0, 0.05) is 0 Å². The third kappa shape index (κ3) is 1.53. The zero-order chi connectivity index (χ0) is 9.26. The van der Waals surface area contributed by atoms with E-state index in [2.05, 4.69) is 9.97 Å². The van der Waals surface area contributed by atoms with Crippen molar-refractivity contribution in [3.63, 3.8) is 0 Å². The molecule has 0 aromatic carbocycles. The van der Waals surface area contributed by atoms with E-state index >= 15 is 0 Å². The fourth-order valence-electron chi connectivity index (χ4n) is 1.00. The van der Waals surface area contributed by atoms with Gasteiger partial charge in [-0.1, -0.05) is 6.07 Å². The normalized spacial score (nSPS) is 10.2. The van der Waals surface area contributed by atoms with Gasteiger partial charge < -0.3 is 5.73 Å². The second-order valence-electron chi connectivity index (χ2n) is 2.71. The van der Waals surface area contributed by atoms with E-state index < -0.39 is 0 Å². The molecule has 2 rings (SSSR count). The molecule has 0 saturated carbocycles. The lowest BCUT2D eigenvalue weighted by molar-refractivity contribution is 1.12. The highest BCUT2D eigenvalue weighted by Crippen LogP contribution is 2.21. The second kappa shape index (κ2) is 3.14. The van der Waals surface area contributed by atoms with Gasteiger partial charge in [-0.05, 0) is 18.4 Å². The molecule has 2 aromatic heterocycles. The van der Waals surface area contributed by atoms with Crippen LogP contribution in [0, 0.1) is 6.92 Å². The van der Waals surface area contributed by atoms with Gasteiger partial charge in [-0.2, -0.15) is 0 Å². The molecule has 0 spiro atoms. The highest BCUT2D eigenvalue weighted by atomic mass is 32.1. The second-order valence-corrected chi connectivity index (χ2v) is 3.66. The summed E-state index contributed by atoms with van der Waals surface area (Å²) in [5, 5.41) is 2.00. The number of rotatable bonds is 1. The zero-order valence-corrected chi connectivity index (χ0v) is 8.01. The molecule has 0 aliphatic carbocycles. The average molecular weight is 191 g/mol. The van der Waals surface area contributed by atoms with Crippen LogP contribution in [0.4, 0.5) is 5.69 Å². The number of aryl methyl sites for hydroxylation is 1. The molecule has 0 aliphatic rings. The summed E-state index contributed by atoms with van der Waals surface area (Å²) < 4.78 is 0. The van der Waals surface area contributed by atoms with Crippen LogP contribution in [0.3, 0.4) is 0 Å². The lowest BCUT2D eigenvalue weighted by atomic mass is 10.3. The van der Waals surface area contributed by atoms with Gasteiger partial charge in [0.2, 0.25) is 0 Å². The number of thiophene rings is 1. The molecule has 0 amide bonds. The number of nitrogens with zero attached hydrogens (tertiary/aromatic N) is 2. The summed E-state index contributed by atoms with van der Waals surface area (Å²) in [7, 11) is 0. The summed E-state index contributed by atoms with van der Waals surface area (Å²) in [5.41, 5.74) is 7.09. The Morgan fingerprint density at radius 3 is 2.92 bits per heavy atom. The molecule has 0 unspecified atom stereocenters. The van der Waals surface area contributed by atoms with Gasteiger partial charge in [0.25, 0.3) is 0 Å². The van der Waals surface area contributed by atoms with Crippen LogP contribution in [0.25, 0.3) is 10.7 Å². The van der Waals surface area contributed by atoms with Crippen LogP contribution in [0.2, 0.25) is 0 Å². The number of hydrogen-bond acceptors (Lipinski definition) is 4. The van der Waals surface area contributed by atoms with Gasteiger partial charge >= 0.3 is 0 Å². The first-order valence-electron chi connectivity index (χ1n) is 3.90. The molecule has 2 aromatic rings. The van der Waals surface area contributed by atoms with E-state index in [1.165, 1.54) is 0 Å². The summed E-state index contributed by atoms with van der Waals surface area (Å²) in [6.07, 6.45) is 1.65.